The van der Waals surface area contributed by atoms with Crippen molar-refractivity contribution in [3.05, 3.63) is 34.9 Å². The Morgan fingerprint density at radius 1 is 0.842 bits per heavy atom. The zero-order valence-corrected chi connectivity index (χ0v) is 28.2. The maximum atomic E-state index is 15.1. The van der Waals surface area contributed by atoms with Crippen molar-refractivity contribution >= 4 is 29.7 Å². The number of aromatic hydroxyl groups is 5. The molecule has 10 rings (SSSR count). The van der Waals surface area contributed by atoms with Gasteiger partial charge in [-0.15, -0.1) is 0 Å². The summed E-state index contributed by atoms with van der Waals surface area (Å²) < 4.78 is 43.8. The van der Waals surface area contributed by atoms with Gasteiger partial charge < -0.3 is 94.1 Å². The highest BCUT2D eigenvalue weighted by Crippen LogP contribution is 2.75. The molecule has 0 aromatic heterocycles. The summed E-state index contributed by atoms with van der Waals surface area (Å²) in [5.41, 5.74) is -9.51. The van der Waals surface area contributed by atoms with Gasteiger partial charge in [0.15, 0.2) is 52.8 Å². The minimum Gasteiger partial charge on any atom is -0.504 e. The maximum absolute atomic E-state index is 15.1. The fourth-order valence-corrected chi connectivity index (χ4v) is 9.03. The molecule has 4 bridgehead atoms. The number of ketones is 1. The van der Waals surface area contributed by atoms with Gasteiger partial charge in [0.1, 0.15) is 23.7 Å². The van der Waals surface area contributed by atoms with E-state index in [1.807, 2.05) is 0 Å². The molecule has 8 aliphatic rings. The number of fused-ring (bicyclic) bond motifs is 4. The standard InChI is InChI=1S/C33H28O24/c34-5-13-19-18(42)21(26(51-13)55-24(43)7-1-9(35)16(40)10(36)2-7)52-25(44)8-3-11(37)17(41)20-15(8)22-29(27(45)53-19)4-14(39)31(47,32(22,48)56-20)57-30(29)28(46)54-23-12(38)6-50-33(23,30)49/h1-3,12-13,18-19,21-23,26,34-38,40-42,47-49H,4-6H2/t12-,13+,18-,19+,21+,22+,23+,26-,29-,30-,31+,32+,33-/m0/s1. The average Bonchev–Trinajstić information content (AvgIpc) is 3.72. The third-order valence-corrected chi connectivity index (χ3v) is 11.6. The van der Waals surface area contributed by atoms with Crippen LogP contribution in [-0.2, 0) is 47.5 Å². The molecular weight excluding hydrogens is 780 g/mol. The Balaban J connectivity index is 1.26. The first kappa shape index (κ1) is 37.0. The van der Waals surface area contributed by atoms with Crippen LogP contribution in [0.5, 0.6) is 34.5 Å². The lowest BCUT2D eigenvalue weighted by Gasteiger charge is -2.64. The summed E-state index contributed by atoms with van der Waals surface area (Å²) in [7, 11) is 0. The minimum atomic E-state index is -3.84. The number of carbonyl (C=O) groups excluding carboxylic acids is 5. The van der Waals surface area contributed by atoms with E-state index in [2.05, 4.69) is 0 Å². The second-order valence-electron chi connectivity index (χ2n) is 14.4. The molecule has 6 fully saturated rings. The van der Waals surface area contributed by atoms with Crippen molar-refractivity contribution in [3.63, 3.8) is 0 Å². The molecule has 57 heavy (non-hydrogen) atoms. The summed E-state index contributed by atoms with van der Waals surface area (Å²) >= 11 is 0. The summed E-state index contributed by atoms with van der Waals surface area (Å²) in [6, 6.07) is 1.76. The van der Waals surface area contributed by atoms with Gasteiger partial charge in [-0.25, -0.2) is 14.4 Å². The van der Waals surface area contributed by atoms with Crippen LogP contribution >= 0.6 is 0 Å². The summed E-state index contributed by atoms with van der Waals surface area (Å²) in [5.74, 6) is -28.6. The molecule has 0 radical (unpaired) electrons. The van der Waals surface area contributed by atoms with Gasteiger partial charge >= 0.3 is 23.9 Å². The molecule has 5 saturated heterocycles. The summed E-state index contributed by atoms with van der Waals surface area (Å²) in [6.07, 6.45) is -16.8. The van der Waals surface area contributed by atoms with Crippen molar-refractivity contribution < 1.29 is 118 Å². The van der Waals surface area contributed by atoms with Crippen molar-refractivity contribution in [1.82, 2.24) is 0 Å². The number of benzene rings is 2. The zero-order chi connectivity index (χ0) is 41.1. The van der Waals surface area contributed by atoms with Gasteiger partial charge in [-0.05, 0) is 18.2 Å². The van der Waals surface area contributed by atoms with E-state index in [0.29, 0.717) is 18.2 Å². The first-order valence-corrected chi connectivity index (χ1v) is 16.8. The zero-order valence-electron chi connectivity index (χ0n) is 28.2. The number of aliphatic hydroxyl groups excluding tert-OH is 3. The first-order valence-electron chi connectivity index (χ1n) is 16.8. The third kappa shape index (κ3) is 4.12. The lowest BCUT2D eigenvalue weighted by atomic mass is 9.47. The van der Waals surface area contributed by atoms with Crippen molar-refractivity contribution in [2.24, 2.45) is 5.41 Å². The number of aliphatic hydroxyl groups is 6. The minimum absolute atomic E-state index is 0.484. The van der Waals surface area contributed by atoms with Gasteiger partial charge in [-0.3, -0.25) is 9.59 Å². The molecule has 24 heteroatoms. The van der Waals surface area contributed by atoms with E-state index in [4.69, 9.17) is 37.9 Å². The molecular formula is C33H28O24. The number of phenolic OH excluding ortho intramolecular Hbond substituents is 5. The van der Waals surface area contributed by atoms with Crippen molar-refractivity contribution in [2.45, 2.75) is 78.2 Å². The lowest BCUT2D eigenvalue weighted by molar-refractivity contribution is -0.459. The Morgan fingerprint density at radius 2 is 1.51 bits per heavy atom. The number of carbonyl (C=O) groups is 5. The Bertz CT molecular complexity index is 2200. The largest absolute Gasteiger partial charge is 0.504 e. The van der Waals surface area contributed by atoms with Crippen LogP contribution in [0.4, 0.5) is 0 Å². The molecule has 0 unspecified atom stereocenters. The van der Waals surface area contributed by atoms with Crippen LogP contribution in [-0.4, -0.2) is 165 Å². The van der Waals surface area contributed by atoms with Gasteiger partial charge in [-0.1, -0.05) is 0 Å². The number of esters is 4. The number of Topliss-reactive ketones (excluding diaryl/α,β-unsaturated/α-hetero) is 1. The molecule has 2 aromatic rings. The normalized spacial score (nSPS) is 42.4. The second kappa shape index (κ2) is 11.3. The van der Waals surface area contributed by atoms with E-state index in [9.17, 15) is 75.3 Å². The summed E-state index contributed by atoms with van der Waals surface area (Å²) in [4.78, 5) is 70.7. The molecule has 7 aliphatic heterocycles. The highest BCUT2D eigenvalue weighted by atomic mass is 16.8. The van der Waals surface area contributed by atoms with Gasteiger partial charge in [-0.2, -0.15) is 0 Å². The first-order chi connectivity index (χ1) is 26.7. The smallest absolute Gasteiger partial charge is 0.346 e. The molecule has 0 amide bonds. The van der Waals surface area contributed by atoms with Crippen LogP contribution in [0.15, 0.2) is 18.2 Å². The van der Waals surface area contributed by atoms with E-state index in [1.54, 1.807) is 0 Å². The van der Waals surface area contributed by atoms with Crippen LogP contribution in [0.3, 0.4) is 0 Å². The summed E-state index contributed by atoms with van der Waals surface area (Å²) in [6.45, 7) is -2.04. The monoisotopic (exact) mass is 808 g/mol. The van der Waals surface area contributed by atoms with Crippen LogP contribution < -0.4 is 4.74 Å². The van der Waals surface area contributed by atoms with E-state index in [1.165, 1.54) is 0 Å². The number of ether oxygens (including phenoxy) is 8. The third-order valence-electron chi connectivity index (χ3n) is 11.6. The maximum Gasteiger partial charge on any atom is 0.346 e. The van der Waals surface area contributed by atoms with E-state index in [0.717, 1.165) is 0 Å². The Kier molecular flexibility index (Phi) is 7.34. The predicted octanol–water partition coefficient (Wildman–Crippen LogP) is -4.81. The van der Waals surface area contributed by atoms with Crippen LogP contribution in [0, 0.1) is 5.41 Å². The topological polar surface area (TPSA) is 382 Å². The van der Waals surface area contributed by atoms with Gasteiger partial charge in [0.05, 0.1) is 30.3 Å². The van der Waals surface area contributed by atoms with Crippen LogP contribution in [0.25, 0.3) is 0 Å². The SMILES string of the molecule is O=C(O[C@@H]1O[C@H](CO)[C@H]2OC(=O)[C@@]34CC(=O)[C@@](O)(O[C@@]35C(=O)O[C@@H]3[C@@H](O)CO[C@@]35O)[C@]3(O)Oc5c(O)c(O)cc(c5[C@@H]34)C(=O)O[C@@H]1[C@H]2O)c1cc(O)c(O)c(O)c1. The molecule has 13 atom stereocenters. The van der Waals surface area contributed by atoms with E-state index >= 15 is 4.79 Å². The van der Waals surface area contributed by atoms with Gasteiger partial charge in [0, 0.05) is 12.0 Å². The van der Waals surface area contributed by atoms with Crippen LogP contribution in [0.2, 0.25) is 0 Å². The second-order valence-corrected chi connectivity index (χ2v) is 14.4. The highest BCUT2D eigenvalue weighted by Gasteiger charge is 2.97. The Hall–Kier alpha value is -5.57. The quantitative estimate of drug-likeness (QED) is 0.0787. The lowest BCUT2D eigenvalue weighted by Crippen LogP contribution is -2.88. The predicted molar refractivity (Wildman–Crippen MR) is 163 cm³/mol. The van der Waals surface area contributed by atoms with Crippen LogP contribution in [0.1, 0.15) is 38.6 Å². The van der Waals surface area contributed by atoms with Crippen molar-refractivity contribution in [2.75, 3.05) is 13.2 Å². The van der Waals surface area contributed by atoms with Gasteiger partial charge in [0.25, 0.3) is 11.6 Å². The molecule has 11 N–H and O–H groups in total. The highest BCUT2D eigenvalue weighted by molar-refractivity contribution is 6.06. The fourth-order valence-electron chi connectivity index (χ4n) is 9.03. The van der Waals surface area contributed by atoms with E-state index in [-0.39, 0.29) is 0 Å². The fraction of sp³-hybridized carbons (Fsp3) is 0.485. The Morgan fingerprint density at radius 3 is 2.18 bits per heavy atom. The molecule has 7 heterocycles. The summed E-state index contributed by atoms with van der Waals surface area (Å²) in [5, 5.41) is 120. The Labute approximate surface area is 314 Å². The molecule has 2 aromatic carbocycles. The van der Waals surface area contributed by atoms with Crippen molar-refractivity contribution in [3.8, 4) is 34.5 Å². The van der Waals surface area contributed by atoms with E-state index < -0.39 is 178 Å². The molecule has 304 valence electrons. The van der Waals surface area contributed by atoms with Crippen molar-refractivity contribution in [1.29, 1.82) is 0 Å². The number of rotatable bonds is 3. The average molecular weight is 809 g/mol. The number of hydrogen-bond acceptors (Lipinski definition) is 24. The molecule has 24 nitrogen and oxygen atoms in total. The molecule has 1 saturated carbocycles. The number of phenols is 5. The van der Waals surface area contributed by atoms with Gasteiger partial charge in [0.2, 0.25) is 23.4 Å². The number of hydrogen-bond donors (Lipinski definition) is 11. The molecule has 1 aliphatic carbocycles. The molecule has 2 spiro atoms.